The van der Waals surface area contributed by atoms with Crippen molar-refractivity contribution in [3.8, 4) is 0 Å². The Kier molecular flexibility index (Phi) is 5.84. The summed E-state index contributed by atoms with van der Waals surface area (Å²) in [5, 5.41) is 13.3. The number of carboxylic acids is 1. The molecule has 120 valence electrons. The third kappa shape index (κ3) is 4.01. The average Bonchev–Trinajstić information content (AvgIpc) is 3.07. The van der Waals surface area contributed by atoms with E-state index in [1.807, 2.05) is 17.5 Å². The fraction of sp³-hybridized carbons (Fsp3) is 0.500. The Morgan fingerprint density at radius 1 is 1.55 bits per heavy atom. The van der Waals surface area contributed by atoms with Crippen LogP contribution in [0.1, 0.15) is 17.3 Å². The highest BCUT2D eigenvalue weighted by atomic mass is 32.2. The molecule has 2 rings (SSSR count). The van der Waals surface area contributed by atoms with Crippen LogP contribution in [0.5, 0.6) is 0 Å². The van der Waals surface area contributed by atoms with Gasteiger partial charge in [-0.1, -0.05) is 6.07 Å². The number of rotatable bonds is 7. The summed E-state index contributed by atoms with van der Waals surface area (Å²) in [5.41, 5.74) is 0. The van der Waals surface area contributed by atoms with E-state index in [1.54, 1.807) is 11.9 Å². The number of likely N-dealkylation sites (tertiary alicyclic amines) is 1. The zero-order valence-corrected chi connectivity index (χ0v) is 13.8. The second-order valence-electron chi connectivity index (χ2n) is 5.01. The summed E-state index contributed by atoms with van der Waals surface area (Å²) < 4.78 is 0. The smallest absolute Gasteiger partial charge is 0.313 e. The van der Waals surface area contributed by atoms with Crippen molar-refractivity contribution in [1.29, 1.82) is 0 Å². The van der Waals surface area contributed by atoms with E-state index in [4.69, 9.17) is 5.11 Å². The molecule has 6 nitrogen and oxygen atoms in total. The monoisotopic (exact) mass is 342 g/mol. The number of thioether (sulfide) groups is 1. The first-order valence-electron chi connectivity index (χ1n) is 6.87. The lowest BCUT2D eigenvalue weighted by atomic mass is 9.98. The van der Waals surface area contributed by atoms with Gasteiger partial charge in [0.15, 0.2) is 0 Å². The minimum atomic E-state index is -0.864. The quantitative estimate of drug-likeness (QED) is 0.727. The lowest BCUT2D eigenvalue weighted by Gasteiger charge is -2.23. The van der Waals surface area contributed by atoms with Crippen LogP contribution in [0.2, 0.25) is 0 Å². The highest BCUT2D eigenvalue weighted by molar-refractivity contribution is 7.99. The van der Waals surface area contributed by atoms with E-state index in [1.165, 1.54) is 23.1 Å². The maximum atomic E-state index is 12.3. The minimum Gasteiger partial charge on any atom is -0.481 e. The van der Waals surface area contributed by atoms with E-state index in [0.29, 0.717) is 12.3 Å². The van der Waals surface area contributed by atoms with Crippen LogP contribution < -0.4 is 5.32 Å². The number of carboxylic acid groups (broad SMARTS) is 1. The van der Waals surface area contributed by atoms with Gasteiger partial charge in [0, 0.05) is 30.6 Å². The largest absolute Gasteiger partial charge is 0.481 e. The lowest BCUT2D eigenvalue weighted by Crippen LogP contribution is -2.35. The second kappa shape index (κ2) is 7.64. The number of nitrogens with zero attached hydrogens (tertiary/aromatic N) is 1. The van der Waals surface area contributed by atoms with E-state index < -0.39 is 5.97 Å². The molecule has 22 heavy (non-hydrogen) atoms. The van der Waals surface area contributed by atoms with Crippen LogP contribution in [0, 0.1) is 5.92 Å². The molecule has 2 atom stereocenters. The summed E-state index contributed by atoms with van der Waals surface area (Å²) in [5.74, 6) is -0.861. The van der Waals surface area contributed by atoms with Crippen molar-refractivity contribution < 1.29 is 19.5 Å². The highest BCUT2D eigenvalue weighted by Crippen LogP contribution is 2.38. The van der Waals surface area contributed by atoms with Gasteiger partial charge < -0.3 is 15.3 Å². The van der Waals surface area contributed by atoms with E-state index >= 15 is 0 Å². The zero-order chi connectivity index (χ0) is 16.1. The van der Waals surface area contributed by atoms with E-state index in [0.717, 1.165) is 4.88 Å². The molecule has 1 aromatic heterocycles. The van der Waals surface area contributed by atoms with Crippen molar-refractivity contribution in [2.45, 2.75) is 12.5 Å². The Bertz CT molecular complexity index is 547. The van der Waals surface area contributed by atoms with Crippen LogP contribution in [0.3, 0.4) is 0 Å². The molecule has 1 aromatic rings. The van der Waals surface area contributed by atoms with Gasteiger partial charge in [-0.25, -0.2) is 0 Å². The maximum absolute atomic E-state index is 12.3. The highest BCUT2D eigenvalue weighted by Gasteiger charge is 2.42. The molecule has 0 aromatic carbocycles. The topological polar surface area (TPSA) is 86.7 Å². The summed E-state index contributed by atoms with van der Waals surface area (Å²) in [6.07, 6.45) is 0.215. The molecule has 2 amide bonds. The first-order chi connectivity index (χ1) is 10.5. The molecular formula is C14H18N2O4S2. The number of carbonyl (C=O) groups is 3. The van der Waals surface area contributed by atoms with Crippen LogP contribution in [0.25, 0.3) is 0 Å². The van der Waals surface area contributed by atoms with Gasteiger partial charge in [-0.3, -0.25) is 14.4 Å². The van der Waals surface area contributed by atoms with Gasteiger partial charge in [-0.15, -0.1) is 23.1 Å². The minimum absolute atomic E-state index is 0.0261. The Morgan fingerprint density at radius 2 is 2.32 bits per heavy atom. The van der Waals surface area contributed by atoms with E-state index in [9.17, 15) is 14.4 Å². The van der Waals surface area contributed by atoms with E-state index in [-0.39, 0.29) is 35.9 Å². The average molecular weight is 342 g/mol. The van der Waals surface area contributed by atoms with Gasteiger partial charge in [0.1, 0.15) is 0 Å². The standard InChI is InChI=1S/C14H18N2O4S2/c1-16-11(17)7-9(13(16)10-3-2-5-22-10)14(20)15-4-6-21-8-12(18)19/h2-3,5,9,13H,4,6-8H2,1H3,(H,15,20)(H,18,19)/t9-,13-/m0/s1. The summed E-state index contributed by atoms with van der Waals surface area (Å²) in [6.45, 7) is 0.405. The molecule has 1 aliphatic heterocycles. The summed E-state index contributed by atoms with van der Waals surface area (Å²) in [7, 11) is 1.72. The number of aliphatic carboxylic acids is 1. The molecule has 2 N–H and O–H groups in total. The van der Waals surface area contributed by atoms with Crippen LogP contribution in [0.4, 0.5) is 0 Å². The zero-order valence-electron chi connectivity index (χ0n) is 12.2. The Balaban J connectivity index is 1.90. The molecule has 0 radical (unpaired) electrons. The maximum Gasteiger partial charge on any atom is 0.313 e. The summed E-state index contributed by atoms with van der Waals surface area (Å²) in [4.78, 5) is 37.3. The molecule has 8 heteroatoms. The molecule has 0 unspecified atom stereocenters. The summed E-state index contributed by atoms with van der Waals surface area (Å²) >= 11 is 2.80. The number of thiophene rings is 1. The lowest BCUT2D eigenvalue weighted by molar-refractivity contribution is -0.134. The van der Waals surface area contributed by atoms with Gasteiger partial charge in [0.25, 0.3) is 0 Å². The van der Waals surface area contributed by atoms with Gasteiger partial charge in [0.05, 0.1) is 17.7 Å². The molecule has 0 aliphatic carbocycles. The number of hydrogen-bond donors (Lipinski definition) is 2. The summed E-state index contributed by atoms with van der Waals surface area (Å²) in [6, 6.07) is 3.64. The fourth-order valence-corrected chi connectivity index (χ4v) is 3.99. The molecule has 1 saturated heterocycles. The number of carbonyl (C=O) groups excluding carboxylic acids is 2. The van der Waals surface area contributed by atoms with Gasteiger partial charge >= 0.3 is 5.97 Å². The third-order valence-electron chi connectivity index (χ3n) is 3.53. The molecule has 1 aliphatic rings. The van der Waals surface area contributed by atoms with Crippen molar-refractivity contribution in [2.24, 2.45) is 5.92 Å². The SMILES string of the molecule is CN1C(=O)C[C@H](C(=O)NCCSCC(=O)O)[C@H]1c1cccs1. The van der Waals surface area contributed by atoms with Crippen molar-refractivity contribution in [3.63, 3.8) is 0 Å². The van der Waals surface area contributed by atoms with Gasteiger partial charge in [0.2, 0.25) is 11.8 Å². The molecule has 0 saturated carbocycles. The van der Waals surface area contributed by atoms with Crippen LogP contribution in [-0.2, 0) is 14.4 Å². The second-order valence-corrected chi connectivity index (χ2v) is 7.10. The molecule has 0 spiro atoms. The van der Waals surface area contributed by atoms with Crippen LogP contribution >= 0.6 is 23.1 Å². The van der Waals surface area contributed by atoms with Crippen molar-refractivity contribution in [1.82, 2.24) is 10.2 Å². The normalized spacial score (nSPS) is 21.1. The number of amides is 2. The predicted molar refractivity (Wildman–Crippen MR) is 85.9 cm³/mol. The van der Waals surface area contributed by atoms with Gasteiger partial charge in [-0.05, 0) is 11.4 Å². The number of nitrogens with one attached hydrogen (secondary N) is 1. The first kappa shape index (κ1) is 16.8. The molecule has 1 fully saturated rings. The number of hydrogen-bond acceptors (Lipinski definition) is 5. The Hall–Kier alpha value is -1.54. The van der Waals surface area contributed by atoms with Crippen molar-refractivity contribution in [3.05, 3.63) is 22.4 Å². The molecule has 0 bridgehead atoms. The molecule has 2 heterocycles. The first-order valence-corrected chi connectivity index (χ1v) is 8.90. The Labute approximate surface area is 136 Å². The third-order valence-corrected chi connectivity index (χ3v) is 5.42. The van der Waals surface area contributed by atoms with Crippen LogP contribution in [0.15, 0.2) is 17.5 Å². The van der Waals surface area contributed by atoms with Crippen molar-refractivity contribution >= 4 is 40.9 Å². The van der Waals surface area contributed by atoms with E-state index in [2.05, 4.69) is 5.32 Å². The molecular weight excluding hydrogens is 324 g/mol. The van der Waals surface area contributed by atoms with Gasteiger partial charge in [-0.2, -0.15) is 0 Å². The van der Waals surface area contributed by atoms with Crippen LogP contribution in [-0.4, -0.2) is 52.9 Å². The Morgan fingerprint density at radius 3 is 2.95 bits per heavy atom. The predicted octanol–water partition coefficient (Wildman–Crippen LogP) is 1.20. The van der Waals surface area contributed by atoms with Crippen molar-refractivity contribution in [2.75, 3.05) is 25.1 Å². The fourth-order valence-electron chi connectivity index (χ4n) is 2.49.